The molecule has 3 aromatic rings. The number of nitrogens with two attached hydrogens (primary N) is 1. The molecule has 0 saturated heterocycles. The molecule has 0 aliphatic carbocycles. The van der Waals surface area contributed by atoms with Gasteiger partial charge in [0.15, 0.2) is 16.7 Å². The number of amides is 2. The van der Waals surface area contributed by atoms with Gasteiger partial charge in [-0.1, -0.05) is 11.8 Å². The van der Waals surface area contributed by atoms with Crippen LogP contribution in [-0.2, 0) is 16.1 Å². The van der Waals surface area contributed by atoms with E-state index in [1.165, 1.54) is 6.26 Å². The fourth-order valence-corrected chi connectivity index (χ4v) is 3.08. The summed E-state index contributed by atoms with van der Waals surface area (Å²) in [5.41, 5.74) is 4.96. The highest BCUT2D eigenvalue weighted by Crippen LogP contribution is 2.25. The van der Waals surface area contributed by atoms with E-state index in [4.69, 9.17) is 10.2 Å². The quantitative estimate of drug-likeness (QED) is 0.554. The molecule has 1 aromatic carbocycles. The van der Waals surface area contributed by atoms with Gasteiger partial charge in [-0.05, 0) is 24.3 Å². The van der Waals surface area contributed by atoms with Crippen LogP contribution in [0.5, 0.6) is 0 Å². The summed E-state index contributed by atoms with van der Waals surface area (Å²) in [5.74, 6) is -1.79. The molecule has 0 aliphatic heterocycles. The Bertz CT molecular complexity index is 991. The highest BCUT2D eigenvalue weighted by molar-refractivity contribution is 7.99. The molecule has 3 N–H and O–H groups in total. The fourth-order valence-electron chi connectivity index (χ4n) is 2.32. The van der Waals surface area contributed by atoms with E-state index in [-0.39, 0.29) is 24.4 Å². The van der Waals surface area contributed by atoms with E-state index in [0.29, 0.717) is 16.7 Å². The van der Waals surface area contributed by atoms with Crippen LogP contribution >= 0.6 is 11.8 Å². The minimum Gasteiger partial charge on any atom is -0.461 e. The molecule has 3 rings (SSSR count). The largest absolute Gasteiger partial charge is 0.461 e. The maximum Gasteiger partial charge on any atom is 0.234 e. The Morgan fingerprint density at radius 3 is 2.79 bits per heavy atom. The number of primary amides is 1. The third kappa shape index (κ3) is 4.74. The van der Waals surface area contributed by atoms with Gasteiger partial charge < -0.3 is 15.5 Å². The number of anilines is 1. The van der Waals surface area contributed by atoms with E-state index in [9.17, 15) is 18.4 Å². The number of benzene rings is 1. The van der Waals surface area contributed by atoms with Crippen molar-refractivity contribution in [3.05, 3.63) is 48.2 Å². The number of furan rings is 1. The number of nitrogens with one attached hydrogen (secondary N) is 1. The van der Waals surface area contributed by atoms with E-state index >= 15 is 0 Å². The molecule has 28 heavy (non-hydrogen) atoms. The number of aromatic nitrogens is 3. The summed E-state index contributed by atoms with van der Waals surface area (Å²) in [6.45, 7) is 0.195. The van der Waals surface area contributed by atoms with Crippen LogP contribution in [0.1, 0.15) is 6.42 Å². The lowest BCUT2D eigenvalue weighted by molar-refractivity contribution is -0.118. The molecule has 0 radical (unpaired) electrons. The molecule has 2 heterocycles. The molecule has 0 saturated carbocycles. The first-order valence-electron chi connectivity index (χ1n) is 8.07. The first-order valence-corrected chi connectivity index (χ1v) is 9.05. The highest BCUT2D eigenvalue weighted by atomic mass is 32.2. The molecule has 8 nitrogen and oxygen atoms in total. The van der Waals surface area contributed by atoms with Gasteiger partial charge in [0.1, 0.15) is 11.6 Å². The summed E-state index contributed by atoms with van der Waals surface area (Å²) < 4.78 is 33.7. The third-order valence-electron chi connectivity index (χ3n) is 3.58. The van der Waals surface area contributed by atoms with Gasteiger partial charge >= 0.3 is 0 Å². The van der Waals surface area contributed by atoms with Crippen LogP contribution in [0, 0.1) is 11.6 Å². The number of hydrogen-bond acceptors (Lipinski definition) is 6. The van der Waals surface area contributed by atoms with Gasteiger partial charge in [-0.15, -0.1) is 10.2 Å². The van der Waals surface area contributed by atoms with Gasteiger partial charge in [0, 0.05) is 19.0 Å². The number of rotatable bonds is 8. The molecule has 0 unspecified atom stereocenters. The number of halogens is 2. The summed E-state index contributed by atoms with van der Waals surface area (Å²) >= 11 is 1.02. The molecule has 0 aliphatic rings. The van der Waals surface area contributed by atoms with Crippen molar-refractivity contribution in [2.24, 2.45) is 5.73 Å². The van der Waals surface area contributed by atoms with Crippen LogP contribution in [0.3, 0.4) is 0 Å². The van der Waals surface area contributed by atoms with Crippen LogP contribution in [0.25, 0.3) is 11.6 Å². The lowest BCUT2D eigenvalue weighted by Crippen LogP contribution is -2.17. The van der Waals surface area contributed by atoms with E-state index in [1.807, 2.05) is 0 Å². The maximum atomic E-state index is 13.6. The predicted molar refractivity (Wildman–Crippen MR) is 97.2 cm³/mol. The minimum absolute atomic E-state index is 0.0417. The smallest absolute Gasteiger partial charge is 0.234 e. The van der Waals surface area contributed by atoms with E-state index in [2.05, 4.69) is 15.5 Å². The monoisotopic (exact) mass is 407 g/mol. The Morgan fingerprint density at radius 1 is 1.25 bits per heavy atom. The number of carbonyl (C=O) groups excluding carboxylic acids is 2. The lowest BCUT2D eigenvalue weighted by atomic mass is 10.3. The van der Waals surface area contributed by atoms with E-state index in [1.54, 1.807) is 16.7 Å². The van der Waals surface area contributed by atoms with E-state index in [0.717, 1.165) is 30.0 Å². The first-order chi connectivity index (χ1) is 13.4. The zero-order valence-electron chi connectivity index (χ0n) is 14.4. The Kier molecular flexibility index (Phi) is 6.04. The summed E-state index contributed by atoms with van der Waals surface area (Å²) in [7, 11) is 0. The van der Waals surface area contributed by atoms with Crippen LogP contribution < -0.4 is 11.1 Å². The zero-order valence-corrected chi connectivity index (χ0v) is 15.2. The minimum atomic E-state index is -0.746. The average Bonchev–Trinajstić information content (AvgIpc) is 3.30. The Hall–Kier alpha value is -3.21. The molecule has 146 valence electrons. The van der Waals surface area contributed by atoms with Crippen LogP contribution in [-0.4, -0.2) is 32.3 Å². The van der Waals surface area contributed by atoms with Crippen molar-refractivity contribution in [3.63, 3.8) is 0 Å². The number of carbonyl (C=O) groups is 2. The second-order valence-corrected chi connectivity index (χ2v) is 6.55. The highest BCUT2D eigenvalue weighted by Gasteiger charge is 2.18. The summed E-state index contributed by atoms with van der Waals surface area (Å²) in [6, 6.07) is 6.13. The van der Waals surface area contributed by atoms with Crippen LogP contribution in [0.15, 0.2) is 46.2 Å². The second kappa shape index (κ2) is 8.65. The topological polar surface area (TPSA) is 116 Å². The molecule has 11 heteroatoms. The van der Waals surface area contributed by atoms with Crippen LogP contribution in [0.4, 0.5) is 14.5 Å². The summed E-state index contributed by atoms with van der Waals surface area (Å²) in [4.78, 5) is 23.2. The Balaban J connectivity index is 1.71. The normalized spacial score (nSPS) is 10.8. The third-order valence-corrected chi connectivity index (χ3v) is 4.54. The lowest BCUT2D eigenvalue weighted by Gasteiger charge is -2.09. The molecular formula is C17H15F2N5O3S. The number of thioether (sulfide) groups is 1. The van der Waals surface area contributed by atoms with Gasteiger partial charge in [0.05, 0.1) is 17.7 Å². The van der Waals surface area contributed by atoms with Crippen molar-refractivity contribution in [3.8, 4) is 11.6 Å². The van der Waals surface area contributed by atoms with Crippen molar-refractivity contribution >= 4 is 29.3 Å². The SMILES string of the molecule is NC(=O)CCn1c(SCC(=O)Nc2cc(F)ccc2F)nnc1-c1ccco1. The second-order valence-electron chi connectivity index (χ2n) is 5.61. The van der Waals surface area contributed by atoms with Crippen molar-refractivity contribution in [2.75, 3.05) is 11.1 Å². The molecule has 0 spiro atoms. The van der Waals surface area contributed by atoms with Crippen LogP contribution in [0.2, 0.25) is 0 Å². The first kappa shape index (κ1) is 19.5. The molecule has 0 atom stereocenters. The van der Waals surface area contributed by atoms with E-state index < -0.39 is 23.4 Å². The molecule has 2 amide bonds. The number of hydrogen-bond donors (Lipinski definition) is 2. The standard InChI is InChI=1S/C17H15F2N5O3S/c18-10-3-4-11(19)12(8-10)21-15(26)9-28-17-23-22-16(13-2-1-7-27-13)24(17)6-5-14(20)25/h1-4,7-8H,5-6,9H2,(H2,20,25)(H,21,26). The number of nitrogens with zero attached hydrogens (tertiary/aromatic N) is 3. The van der Waals surface area contributed by atoms with Gasteiger partial charge in [-0.25, -0.2) is 8.78 Å². The van der Waals surface area contributed by atoms with Crippen molar-refractivity contribution in [1.82, 2.24) is 14.8 Å². The molecule has 0 fully saturated rings. The Labute approximate surface area is 162 Å². The van der Waals surface area contributed by atoms with Crippen molar-refractivity contribution < 1.29 is 22.8 Å². The Morgan fingerprint density at radius 2 is 2.07 bits per heavy atom. The fraction of sp³-hybridized carbons (Fsp3) is 0.176. The summed E-state index contributed by atoms with van der Waals surface area (Å²) in [6.07, 6.45) is 1.51. The van der Waals surface area contributed by atoms with Gasteiger partial charge in [-0.2, -0.15) is 0 Å². The average molecular weight is 407 g/mol. The zero-order chi connectivity index (χ0) is 20.1. The summed E-state index contributed by atoms with van der Waals surface area (Å²) in [5, 5.41) is 10.7. The van der Waals surface area contributed by atoms with Crippen molar-refractivity contribution in [2.45, 2.75) is 18.1 Å². The van der Waals surface area contributed by atoms with Gasteiger partial charge in [0.25, 0.3) is 0 Å². The van der Waals surface area contributed by atoms with Gasteiger partial charge in [0.2, 0.25) is 11.8 Å². The molecular weight excluding hydrogens is 392 g/mol. The van der Waals surface area contributed by atoms with Gasteiger partial charge in [-0.3, -0.25) is 14.2 Å². The molecule has 2 aromatic heterocycles. The molecule has 0 bridgehead atoms. The predicted octanol–water partition coefficient (Wildman–Crippen LogP) is 2.42. The van der Waals surface area contributed by atoms with Crippen molar-refractivity contribution in [1.29, 1.82) is 0 Å². The maximum absolute atomic E-state index is 13.6.